The molecule has 4 heteroatoms. The van der Waals surface area contributed by atoms with Crippen LogP contribution >= 0.6 is 0 Å². The van der Waals surface area contributed by atoms with Gasteiger partial charge in [-0.05, 0) is 11.6 Å². The SMILES string of the molecule is CC1=NC(=Cc2ccccc2C(=O)c2ccccc2)C(=O)O1. The third-order valence-electron chi connectivity index (χ3n) is 3.26. The zero-order valence-electron chi connectivity index (χ0n) is 11.9. The van der Waals surface area contributed by atoms with Crippen molar-refractivity contribution < 1.29 is 14.3 Å². The molecule has 0 bridgehead atoms. The van der Waals surface area contributed by atoms with Gasteiger partial charge in [-0.15, -0.1) is 0 Å². The highest BCUT2D eigenvalue weighted by molar-refractivity contribution is 6.12. The van der Waals surface area contributed by atoms with Crippen molar-refractivity contribution in [1.29, 1.82) is 0 Å². The van der Waals surface area contributed by atoms with Gasteiger partial charge in [0.25, 0.3) is 0 Å². The van der Waals surface area contributed by atoms with Gasteiger partial charge in [-0.1, -0.05) is 54.6 Å². The quantitative estimate of drug-likeness (QED) is 0.495. The summed E-state index contributed by atoms with van der Waals surface area (Å²) in [6.45, 7) is 1.61. The van der Waals surface area contributed by atoms with Crippen molar-refractivity contribution in [3.05, 3.63) is 77.0 Å². The van der Waals surface area contributed by atoms with Crippen LogP contribution in [0.2, 0.25) is 0 Å². The Balaban J connectivity index is 2.03. The molecule has 0 saturated heterocycles. The molecule has 4 nitrogen and oxygen atoms in total. The molecule has 0 aliphatic carbocycles. The van der Waals surface area contributed by atoms with Crippen molar-refractivity contribution in [2.24, 2.45) is 4.99 Å². The molecule has 2 aromatic rings. The zero-order valence-corrected chi connectivity index (χ0v) is 11.9. The van der Waals surface area contributed by atoms with Crippen molar-refractivity contribution in [1.82, 2.24) is 0 Å². The van der Waals surface area contributed by atoms with Crippen molar-refractivity contribution in [2.75, 3.05) is 0 Å². The highest BCUT2D eigenvalue weighted by Crippen LogP contribution is 2.20. The second kappa shape index (κ2) is 5.77. The molecule has 0 fully saturated rings. The number of esters is 1. The van der Waals surface area contributed by atoms with Crippen LogP contribution in [0, 0.1) is 0 Å². The van der Waals surface area contributed by atoms with Gasteiger partial charge in [-0.2, -0.15) is 0 Å². The van der Waals surface area contributed by atoms with Crippen LogP contribution in [-0.2, 0) is 9.53 Å². The summed E-state index contributed by atoms with van der Waals surface area (Å²) >= 11 is 0. The molecule has 2 aromatic carbocycles. The first-order chi connectivity index (χ1) is 10.6. The third kappa shape index (κ3) is 2.72. The molecule has 0 unspecified atom stereocenters. The molecule has 0 aromatic heterocycles. The van der Waals surface area contributed by atoms with Crippen LogP contribution < -0.4 is 0 Å². The lowest BCUT2D eigenvalue weighted by molar-refractivity contribution is -0.130. The Kier molecular flexibility index (Phi) is 3.66. The van der Waals surface area contributed by atoms with Crippen molar-refractivity contribution >= 4 is 23.7 Å². The summed E-state index contributed by atoms with van der Waals surface area (Å²) < 4.78 is 4.89. The van der Waals surface area contributed by atoms with Gasteiger partial charge in [0.2, 0.25) is 0 Å². The fraction of sp³-hybridized carbons (Fsp3) is 0.0556. The van der Waals surface area contributed by atoms with Crippen LogP contribution in [0.15, 0.2) is 65.3 Å². The van der Waals surface area contributed by atoms with E-state index in [2.05, 4.69) is 4.99 Å². The molecule has 108 valence electrons. The summed E-state index contributed by atoms with van der Waals surface area (Å²) in [5.41, 5.74) is 1.96. The van der Waals surface area contributed by atoms with Crippen molar-refractivity contribution in [3.8, 4) is 0 Å². The molecule has 3 rings (SSSR count). The monoisotopic (exact) mass is 291 g/mol. The van der Waals surface area contributed by atoms with E-state index < -0.39 is 5.97 Å². The van der Waals surface area contributed by atoms with Crippen LogP contribution in [0.1, 0.15) is 28.4 Å². The minimum Gasteiger partial charge on any atom is -0.407 e. The fourth-order valence-electron chi connectivity index (χ4n) is 2.24. The summed E-state index contributed by atoms with van der Waals surface area (Å²) in [5, 5.41) is 0. The molecule has 0 saturated carbocycles. The van der Waals surface area contributed by atoms with Gasteiger partial charge in [0.15, 0.2) is 17.4 Å². The van der Waals surface area contributed by atoms with Crippen molar-refractivity contribution in [3.63, 3.8) is 0 Å². The largest absolute Gasteiger partial charge is 0.407 e. The maximum Gasteiger partial charge on any atom is 0.363 e. The fourth-order valence-corrected chi connectivity index (χ4v) is 2.24. The third-order valence-corrected chi connectivity index (χ3v) is 3.26. The van der Waals surface area contributed by atoms with E-state index in [1.807, 2.05) is 24.3 Å². The van der Waals surface area contributed by atoms with Crippen molar-refractivity contribution in [2.45, 2.75) is 6.92 Å². The van der Waals surface area contributed by atoms with Gasteiger partial charge in [0.1, 0.15) is 0 Å². The highest BCUT2D eigenvalue weighted by Gasteiger charge is 2.21. The Morgan fingerprint density at radius 3 is 2.41 bits per heavy atom. The molecule has 1 aliphatic heterocycles. The normalized spacial score (nSPS) is 15.6. The van der Waals surface area contributed by atoms with E-state index in [4.69, 9.17) is 4.74 Å². The maximum atomic E-state index is 12.6. The minimum absolute atomic E-state index is 0.0971. The van der Waals surface area contributed by atoms with Gasteiger partial charge >= 0.3 is 5.97 Å². The first-order valence-corrected chi connectivity index (χ1v) is 6.83. The molecule has 0 atom stereocenters. The van der Waals surface area contributed by atoms with Gasteiger partial charge in [-0.3, -0.25) is 4.79 Å². The van der Waals surface area contributed by atoms with Gasteiger partial charge < -0.3 is 4.74 Å². The molecular weight excluding hydrogens is 278 g/mol. The standard InChI is InChI=1S/C18H13NO3/c1-12-19-16(18(21)22-12)11-14-9-5-6-10-15(14)17(20)13-7-3-2-4-8-13/h2-11H,1H3. The number of ketones is 1. The number of rotatable bonds is 3. The van der Waals surface area contributed by atoms with E-state index in [1.54, 1.807) is 43.3 Å². The van der Waals surface area contributed by atoms with E-state index >= 15 is 0 Å². The highest BCUT2D eigenvalue weighted by atomic mass is 16.6. The smallest absolute Gasteiger partial charge is 0.363 e. The summed E-state index contributed by atoms with van der Waals surface area (Å²) in [5.74, 6) is -0.289. The number of hydrogen-bond donors (Lipinski definition) is 0. The number of hydrogen-bond acceptors (Lipinski definition) is 4. The van der Waals surface area contributed by atoms with Gasteiger partial charge in [-0.25, -0.2) is 9.79 Å². The first kappa shape index (κ1) is 13.9. The average Bonchev–Trinajstić information content (AvgIpc) is 2.86. The summed E-state index contributed by atoms with van der Waals surface area (Å²) in [6, 6.07) is 16.1. The molecule has 0 N–H and O–H groups in total. The number of carbonyl (C=O) groups is 2. The molecule has 0 amide bonds. The predicted octanol–water partition coefficient (Wildman–Crippen LogP) is 3.23. The second-order valence-corrected chi connectivity index (χ2v) is 4.83. The lowest BCUT2D eigenvalue weighted by atomic mass is 9.98. The van der Waals surface area contributed by atoms with E-state index in [1.165, 1.54) is 0 Å². The Bertz CT molecular complexity index is 804. The molecule has 0 spiro atoms. The topological polar surface area (TPSA) is 55.7 Å². The summed E-state index contributed by atoms with van der Waals surface area (Å²) in [4.78, 5) is 28.3. The number of carbonyl (C=O) groups excluding carboxylic acids is 2. The summed E-state index contributed by atoms with van der Waals surface area (Å²) in [7, 11) is 0. The summed E-state index contributed by atoms with van der Waals surface area (Å²) in [6.07, 6.45) is 1.58. The first-order valence-electron chi connectivity index (χ1n) is 6.83. The Morgan fingerprint density at radius 2 is 1.73 bits per heavy atom. The van der Waals surface area contributed by atoms with Crippen LogP contribution in [0.25, 0.3) is 6.08 Å². The molecule has 1 heterocycles. The number of aliphatic imine (C=N–C) groups is 1. The lowest BCUT2D eigenvalue weighted by Crippen LogP contribution is -2.04. The molecule has 1 aliphatic rings. The maximum absolute atomic E-state index is 12.6. The molecule has 22 heavy (non-hydrogen) atoms. The van der Waals surface area contributed by atoms with E-state index in [9.17, 15) is 9.59 Å². The Morgan fingerprint density at radius 1 is 1.05 bits per heavy atom. The average molecular weight is 291 g/mol. The van der Waals surface area contributed by atoms with E-state index in [-0.39, 0.29) is 11.5 Å². The Hall–Kier alpha value is -3.01. The van der Waals surface area contributed by atoms with E-state index in [0.29, 0.717) is 22.6 Å². The zero-order chi connectivity index (χ0) is 15.5. The predicted molar refractivity (Wildman–Crippen MR) is 83.5 cm³/mol. The number of benzene rings is 2. The Labute approximate surface area is 127 Å². The number of ether oxygens (including phenoxy) is 1. The van der Waals surface area contributed by atoms with Gasteiger partial charge in [0.05, 0.1) is 0 Å². The number of cyclic esters (lactones) is 1. The van der Waals surface area contributed by atoms with Crippen LogP contribution in [0.3, 0.4) is 0 Å². The van der Waals surface area contributed by atoms with Crippen LogP contribution in [0.5, 0.6) is 0 Å². The molecular formula is C18H13NO3. The second-order valence-electron chi connectivity index (χ2n) is 4.83. The van der Waals surface area contributed by atoms with Crippen LogP contribution in [-0.4, -0.2) is 17.7 Å². The molecule has 0 radical (unpaired) electrons. The number of nitrogens with zero attached hydrogens (tertiary/aromatic N) is 1. The van der Waals surface area contributed by atoms with E-state index in [0.717, 1.165) is 0 Å². The van der Waals surface area contributed by atoms with Gasteiger partial charge in [0, 0.05) is 18.1 Å². The lowest BCUT2D eigenvalue weighted by Gasteiger charge is -2.05. The van der Waals surface area contributed by atoms with Crippen LogP contribution in [0.4, 0.5) is 0 Å². The minimum atomic E-state index is -0.500.